The number of pyridine rings is 1. The van der Waals surface area contributed by atoms with Crippen LogP contribution in [0, 0.1) is 11.6 Å². The largest absolute Gasteiger partial charge is 0.449 e. The SMILES string of the molecule is CC(OC(=O)c1cc(-c2ccccc2)nc2ccccc12)C(=O)Nc1c(F)cccc1F. The van der Waals surface area contributed by atoms with Crippen LogP contribution in [0.4, 0.5) is 14.5 Å². The number of carbonyl (C=O) groups is 2. The second-order valence-electron chi connectivity index (χ2n) is 7.07. The van der Waals surface area contributed by atoms with Crippen LogP contribution < -0.4 is 5.32 Å². The zero-order chi connectivity index (χ0) is 22.7. The van der Waals surface area contributed by atoms with Gasteiger partial charge in [-0.05, 0) is 31.2 Å². The van der Waals surface area contributed by atoms with Crippen molar-refractivity contribution in [3.8, 4) is 11.3 Å². The highest BCUT2D eigenvalue weighted by Gasteiger charge is 2.23. The van der Waals surface area contributed by atoms with Crippen molar-refractivity contribution in [2.24, 2.45) is 0 Å². The number of halogens is 2. The average molecular weight is 432 g/mol. The third-order valence-corrected chi connectivity index (χ3v) is 4.87. The minimum atomic E-state index is -1.30. The maximum atomic E-state index is 13.8. The Bertz CT molecular complexity index is 1290. The Balaban J connectivity index is 1.61. The number of hydrogen-bond acceptors (Lipinski definition) is 4. The van der Waals surface area contributed by atoms with Gasteiger partial charge in [0.1, 0.15) is 17.3 Å². The molecule has 0 radical (unpaired) electrons. The number of anilines is 1. The van der Waals surface area contributed by atoms with Gasteiger partial charge in [0.05, 0.1) is 16.8 Å². The van der Waals surface area contributed by atoms with Crippen LogP contribution in [0.1, 0.15) is 17.3 Å². The summed E-state index contributed by atoms with van der Waals surface area (Å²) in [5.74, 6) is -3.46. The van der Waals surface area contributed by atoms with Gasteiger partial charge in [-0.15, -0.1) is 0 Å². The maximum Gasteiger partial charge on any atom is 0.339 e. The molecule has 4 aromatic rings. The van der Waals surface area contributed by atoms with Gasteiger partial charge in [0.25, 0.3) is 5.91 Å². The van der Waals surface area contributed by atoms with Crippen molar-refractivity contribution in [1.29, 1.82) is 0 Å². The molecular formula is C25H18F2N2O3. The van der Waals surface area contributed by atoms with E-state index in [1.807, 2.05) is 30.3 Å². The maximum absolute atomic E-state index is 13.8. The minimum Gasteiger partial charge on any atom is -0.449 e. The Hall–Kier alpha value is -4.13. The molecule has 0 fully saturated rings. The highest BCUT2D eigenvalue weighted by Crippen LogP contribution is 2.26. The van der Waals surface area contributed by atoms with Crippen molar-refractivity contribution in [2.75, 3.05) is 5.32 Å². The first-order valence-corrected chi connectivity index (χ1v) is 9.85. The topological polar surface area (TPSA) is 68.3 Å². The van der Waals surface area contributed by atoms with Crippen LogP contribution in [0.15, 0.2) is 78.9 Å². The highest BCUT2D eigenvalue weighted by molar-refractivity contribution is 6.06. The smallest absolute Gasteiger partial charge is 0.339 e. The number of benzene rings is 3. The molecule has 1 heterocycles. The molecule has 4 rings (SSSR count). The fourth-order valence-electron chi connectivity index (χ4n) is 3.22. The summed E-state index contributed by atoms with van der Waals surface area (Å²) in [5, 5.41) is 2.69. The Morgan fingerprint density at radius 3 is 2.28 bits per heavy atom. The minimum absolute atomic E-state index is 0.228. The first-order valence-electron chi connectivity index (χ1n) is 9.85. The molecule has 0 saturated carbocycles. The monoisotopic (exact) mass is 432 g/mol. The van der Waals surface area contributed by atoms with E-state index in [0.29, 0.717) is 16.6 Å². The molecule has 0 aliphatic heterocycles. The molecule has 0 bridgehead atoms. The van der Waals surface area contributed by atoms with Gasteiger partial charge in [0.2, 0.25) is 0 Å². The highest BCUT2D eigenvalue weighted by atomic mass is 19.1. The number of esters is 1. The molecular weight excluding hydrogens is 414 g/mol. The summed E-state index contributed by atoms with van der Waals surface area (Å²) < 4.78 is 33.0. The first-order chi connectivity index (χ1) is 15.4. The van der Waals surface area contributed by atoms with Gasteiger partial charge in [-0.25, -0.2) is 18.6 Å². The lowest BCUT2D eigenvalue weighted by molar-refractivity contribution is -0.123. The molecule has 1 unspecified atom stereocenters. The number of hydrogen-bond donors (Lipinski definition) is 1. The number of aromatic nitrogens is 1. The van der Waals surface area contributed by atoms with Crippen molar-refractivity contribution in [1.82, 2.24) is 4.98 Å². The van der Waals surface area contributed by atoms with Crippen molar-refractivity contribution in [3.05, 3.63) is 96.1 Å². The Kier molecular flexibility index (Phi) is 5.89. The molecule has 0 aliphatic rings. The molecule has 1 atom stereocenters. The molecule has 1 amide bonds. The van der Waals surface area contributed by atoms with E-state index in [2.05, 4.69) is 10.3 Å². The number of ether oxygens (including phenoxy) is 1. The number of nitrogens with zero attached hydrogens (tertiary/aromatic N) is 1. The Morgan fingerprint density at radius 1 is 0.906 bits per heavy atom. The third kappa shape index (κ3) is 4.32. The average Bonchev–Trinajstić information content (AvgIpc) is 2.81. The molecule has 160 valence electrons. The number of fused-ring (bicyclic) bond motifs is 1. The van der Waals surface area contributed by atoms with E-state index in [-0.39, 0.29) is 5.56 Å². The summed E-state index contributed by atoms with van der Waals surface area (Å²) in [6, 6.07) is 21.2. The summed E-state index contributed by atoms with van der Waals surface area (Å²) in [4.78, 5) is 30.0. The van der Waals surface area contributed by atoms with Gasteiger partial charge in [0.15, 0.2) is 6.10 Å². The second kappa shape index (κ2) is 8.93. The fraction of sp³-hybridized carbons (Fsp3) is 0.0800. The second-order valence-corrected chi connectivity index (χ2v) is 7.07. The summed E-state index contributed by atoms with van der Waals surface area (Å²) in [6.45, 7) is 1.33. The lowest BCUT2D eigenvalue weighted by Crippen LogP contribution is -2.30. The summed E-state index contributed by atoms with van der Waals surface area (Å²) in [7, 11) is 0. The number of rotatable bonds is 5. The van der Waals surface area contributed by atoms with Crippen LogP contribution in [0.25, 0.3) is 22.2 Å². The normalized spacial score (nSPS) is 11.7. The lowest BCUT2D eigenvalue weighted by Gasteiger charge is -2.15. The van der Waals surface area contributed by atoms with Crippen LogP contribution in [-0.2, 0) is 9.53 Å². The van der Waals surface area contributed by atoms with E-state index in [4.69, 9.17) is 4.74 Å². The quantitative estimate of drug-likeness (QED) is 0.431. The van der Waals surface area contributed by atoms with E-state index >= 15 is 0 Å². The van der Waals surface area contributed by atoms with Gasteiger partial charge >= 0.3 is 5.97 Å². The van der Waals surface area contributed by atoms with Gasteiger partial charge in [-0.1, -0.05) is 54.6 Å². The van der Waals surface area contributed by atoms with Crippen LogP contribution in [0.3, 0.4) is 0 Å². The van der Waals surface area contributed by atoms with Crippen LogP contribution >= 0.6 is 0 Å². The number of para-hydroxylation sites is 2. The third-order valence-electron chi connectivity index (χ3n) is 4.87. The zero-order valence-corrected chi connectivity index (χ0v) is 17.0. The van der Waals surface area contributed by atoms with E-state index < -0.39 is 35.3 Å². The van der Waals surface area contributed by atoms with Gasteiger partial charge < -0.3 is 10.1 Å². The summed E-state index contributed by atoms with van der Waals surface area (Å²) in [6.07, 6.45) is -1.30. The number of amides is 1. The lowest BCUT2D eigenvalue weighted by atomic mass is 10.0. The van der Waals surface area contributed by atoms with Crippen LogP contribution in [-0.4, -0.2) is 23.0 Å². The van der Waals surface area contributed by atoms with E-state index in [1.54, 1.807) is 30.3 Å². The zero-order valence-electron chi connectivity index (χ0n) is 17.0. The fourth-order valence-corrected chi connectivity index (χ4v) is 3.22. The van der Waals surface area contributed by atoms with E-state index in [0.717, 1.165) is 17.7 Å². The van der Waals surface area contributed by atoms with Crippen molar-refractivity contribution in [2.45, 2.75) is 13.0 Å². The first kappa shape index (κ1) is 21.1. The summed E-state index contributed by atoms with van der Waals surface area (Å²) in [5.41, 5.74) is 1.61. The van der Waals surface area contributed by atoms with Gasteiger partial charge in [-0.2, -0.15) is 0 Å². The van der Waals surface area contributed by atoms with Crippen LogP contribution in [0.2, 0.25) is 0 Å². The Labute approximate surface area is 182 Å². The molecule has 1 aromatic heterocycles. The van der Waals surface area contributed by atoms with Gasteiger partial charge in [-0.3, -0.25) is 4.79 Å². The molecule has 32 heavy (non-hydrogen) atoms. The van der Waals surface area contributed by atoms with E-state index in [9.17, 15) is 18.4 Å². The van der Waals surface area contributed by atoms with E-state index in [1.165, 1.54) is 13.0 Å². The molecule has 7 heteroatoms. The summed E-state index contributed by atoms with van der Waals surface area (Å²) >= 11 is 0. The van der Waals surface area contributed by atoms with Crippen molar-refractivity contribution >= 4 is 28.5 Å². The van der Waals surface area contributed by atoms with Crippen molar-refractivity contribution < 1.29 is 23.1 Å². The standard InChI is InChI=1S/C25H18F2N2O3/c1-15(24(30)29-23-19(26)11-7-12-20(23)27)32-25(31)18-14-22(16-8-3-2-4-9-16)28-21-13-6-5-10-17(18)21/h2-15H,1H3,(H,29,30). The molecule has 3 aromatic carbocycles. The molecule has 0 spiro atoms. The molecule has 0 aliphatic carbocycles. The van der Waals surface area contributed by atoms with Crippen molar-refractivity contribution in [3.63, 3.8) is 0 Å². The molecule has 1 N–H and O–H groups in total. The molecule has 5 nitrogen and oxygen atoms in total. The predicted molar refractivity (Wildman–Crippen MR) is 117 cm³/mol. The van der Waals surface area contributed by atoms with Gasteiger partial charge in [0, 0.05) is 10.9 Å². The molecule has 0 saturated heterocycles. The van der Waals surface area contributed by atoms with Crippen LogP contribution in [0.5, 0.6) is 0 Å². The Morgan fingerprint density at radius 2 is 1.56 bits per heavy atom. The number of nitrogens with one attached hydrogen (secondary N) is 1. The predicted octanol–water partition coefficient (Wildman–Crippen LogP) is 5.36. The number of carbonyl (C=O) groups excluding carboxylic acids is 2.